The van der Waals surface area contributed by atoms with Crippen molar-refractivity contribution in [2.45, 2.75) is 6.42 Å². The summed E-state index contributed by atoms with van der Waals surface area (Å²) in [6.07, 6.45) is 2.49. The van der Waals surface area contributed by atoms with Crippen LogP contribution in [0, 0.1) is 0 Å². The van der Waals surface area contributed by atoms with Gasteiger partial charge in [0.15, 0.2) is 11.6 Å². The van der Waals surface area contributed by atoms with E-state index in [4.69, 9.17) is 16.3 Å². The van der Waals surface area contributed by atoms with E-state index in [0.717, 1.165) is 0 Å². The summed E-state index contributed by atoms with van der Waals surface area (Å²) in [4.78, 5) is 33.9. The van der Waals surface area contributed by atoms with Gasteiger partial charge >= 0.3 is 0 Å². The van der Waals surface area contributed by atoms with Crippen molar-refractivity contribution >= 4 is 28.4 Å². The fraction of sp³-hybridized carbons (Fsp3) is 0.154. The Morgan fingerprint density at radius 1 is 1.17 bits per heavy atom. The Morgan fingerprint density at radius 2 is 1.89 bits per heavy atom. The Bertz CT molecular complexity index is 560. The first-order valence-corrected chi connectivity index (χ1v) is 5.68. The summed E-state index contributed by atoms with van der Waals surface area (Å²) in [6, 6.07) is 4.78. The van der Waals surface area contributed by atoms with Gasteiger partial charge in [0.25, 0.3) is 0 Å². The van der Waals surface area contributed by atoms with Gasteiger partial charge in [0, 0.05) is 5.56 Å². The third-order valence-electron chi connectivity index (χ3n) is 2.48. The molecule has 18 heavy (non-hydrogen) atoms. The van der Waals surface area contributed by atoms with E-state index in [0.29, 0.717) is 11.3 Å². The van der Waals surface area contributed by atoms with Crippen molar-refractivity contribution in [2.75, 3.05) is 6.61 Å². The number of halogens is 1. The van der Waals surface area contributed by atoms with E-state index < -0.39 is 5.24 Å². The van der Waals surface area contributed by atoms with E-state index in [2.05, 4.69) is 0 Å². The largest absolute Gasteiger partial charge is 0.492 e. The Morgan fingerprint density at radius 3 is 2.61 bits per heavy atom. The lowest BCUT2D eigenvalue weighted by Gasteiger charge is -2.14. The van der Waals surface area contributed by atoms with Gasteiger partial charge < -0.3 is 4.74 Å². The van der Waals surface area contributed by atoms with Crippen molar-refractivity contribution in [3.63, 3.8) is 0 Å². The summed E-state index contributed by atoms with van der Waals surface area (Å²) in [5.41, 5.74) is 0.559. The highest BCUT2D eigenvalue weighted by atomic mass is 35.5. The molecule has 0 spiro atoms. The molecule has 0 bridgehead atoms. The Balaban J connectivity index is 2.28. The van der Waals surface area contributed by atoms with Gasteiger partial charge in [-0.15, -0.1) is 0 Å². The van der Waals surface area contributed by atoms with Crippen molar-refractivity contribution in [3.05, 3.63) is 41.5 Å². The predicted octanol–water partition coefficient (Wildman–Crippen LogP) is 2.16. The number of hydrogen-bond acceptors (Lipinski definition) is 4. The van der Waals surface area contributed by atoms with Crippen LogP contribution in [0.5, 0.6) is 5.75 Å². The van der Waals surface area contributed by atoms with Crippen LogP contribution in [0.1, 0.15) is 27.1 Å². The number of allylic oxidation sites excluding steroid dienone is 2. The number of carbonyl (C=O) groups excluding carboxylic acids is 3. The maximum absolute atomic E-state index is 11.7. The van der Waals surface area contributed by atoms with Gasteiger partial charge in [-0.25, -0.2) is 0 Å². The molecule has 4 nitrogen and oxygen atoms in total. The predicted molar refractivity (Wildman–Crippen MR) is 65.2 cm³/mol. The van der Waals surface area contributed by atoms with E-state index in [-0.39, 0.29) is 30.2 Å². The van der Waals surface area contributed by atoms with Crippen molar-refractivity contribution in [2.24, 2.45) is 0 Å². The molecule has 0 heterocycles. The van der Waals surface area contributed by atoms with Gasteiger partial charge in [-0.2, -0.15) is 0 Å². The van der Waals surface area contributed by atoms with Crippen LogP contribution < -0.4 is 4.74 Å². The zero-order valence-corrected chi connectivity index (χ0v) is 10.1. The van der Waals surface area contributed by atoms with Crippen LogP contribution in [-0.4, -0.2) is 23.4 Å². The molecule has 0 fully saturated rings. The Hall–Kier alpha value is -1.94. The Labute approximate surface area is 108 Å². The van der Waals surface area contributed by atoms with E-state index in [1.807, 2.05) is 0 Å². The van der Waals surface area contributed by atoms with Crippen LogP contribution in [0.3, 0.4) is 0 Å². The van der Waals surface area contributed by atoms with Crippen LogP contribution in [0.2, 0.25) is 0 Å². The number of fused-ring (bicyclic) bond motifs is 1. The molecule has 0 saturated carbocycles. The molecule has 0 atom stereocenters. The minimum Gasteiger partial charge on any atom is -0.492 e. The third-order valence-corrected chi connectivity index (χ3v) is 2.67. The standard InChI is InChI=1S/C13H9ClO4/c14-12(17)6-7-18-11-3-1-2-8-9(15)4-5-10(16)13(8)11/h1-5H,6-7H2. The number of carbonyl (C=O) groups is 3. The number of ether oxygens (including phenoxy) is 1. The molecule has 0 aromatic heterocycles. The second kappa shape index (κ2) is 5.14. The second-order valence-corrected chi connectivity index (χ2v) is 4.12. The van der Waals surface area contributed by atoms with Crippen LogP contribution in [-0.2, 0) is 4.79 Å². The fourth-order valence-electron chi connectivity index (χ4n) is 1.68. The zero-order chi connectivity index (χ0) is 13.1. The monoisotopic (exact) mass is 264 g/mol. The molecule has 0 aliphatic heterocycles. The van der Waals surface area contributed by atoms with Gasteiger partial charge in [0.2, 0.25) is 5.24 Å². The lowest BCUT2D eigenvalue weighted by atomic mass is 9.94. The maximum Gasteiger partial charge on any atom is 0.225 e. The molecule has 0 radical (unpaired) electrons. The van der Waals surface area contributed by atoms with E-state index in [9.17, 15) is 14.4 Å². The lowest BCUT2D eigenvalue weighted by molar-refractivity contribution is -0.112. The van der Waals surface area contributed by atoms with Gasteiger partial charge in [0.1, 0.15) is 5.75 Å². The van der Waals surface area contributed by atoms with E-state index >= 15 is 0 Å². The SMILES string of the molecule is O=C(Cl)CCOc1cccc2c1C(=O)C=CC2=O. The van der Waals surface area contributed by atoms with Crippen LogP contribution in [0.4, 0.5) is 0 Å². The highest BCUT2D eigenvalue weighted by Gasteiger charge is 2.22. The summed E-state index contributed by atoms with van der Waals surface area (Å²) >= 11 is 5.19. The molecule has 1 aliphatic carbocycles. The molecule has 1 aromatic rings. The number of benzene rings is 1. The van der Waals surface area contributed by atoms with E-state index in [1.54, 1.807) is 18.2 Å². The smallest absolute Gasteiger partial charge is 0.225 e. The molecular weight excluding hydrogens is 256 g/mol. The summed E-state index contributed by atoms with van der Waals surface area (Å²) < 4.78 is 5.32. The highest BCUT2D eigenvalue weighted by molar-refractivity contribution is 6.63. The number of hydrogen-bond donors (Lipinski definition) is 0. The molecule has 1 aliphatic rings. The summed E-state index contributed by atoms with van der Waals surface area (Å²) in [6.45, 7) is 0.0734. The van der Waals surface area contributed by atoms with Crippen molar-refractivity contribution in [3.8, 4) is 5.75 Å². The molecule has 0 amide bonds. The highest BCUT2D eigenvalue weighted by Crippen LogP contribution is 2.27. The van der Waals surface area contributed by atoms with Gasteiger partial charge in [-0.05, 0) is 29.8 Å². The molecule has 1 aromatic carbocycles. The summed E-state index contributed by atoms with van der Waals surface area (Å²) in [5, 5.41) is -0.512. The topological polar surface area (TPSA) is 60.4 Å². The van der Waals surface area contributed by atoms with Crippen LogP contribution in [0.15, 0.2) is 30.4 Å². The molecule has 0 saturated heterocycles. The average molecular weight is 265 g/mol. The van der Waals surface area contributed by atoms with Gasteiger partial charge in [-0.3, -0.25) is 14.4 Å². The van der Waals surface area contributed by atoms with Crippen molar-refractivity contribution in [1.82, 2.24) is 0 Å². The van der Waals surface area contributed by atoms with Crippen molar-refractivity contribution < 1.29 is 19.1 Å². The first-order valence-electron chi connectivity index (χ1n) is 5.30. The quantitative estimate of drug-likeness (QED) is 0.782. The Kier molecular flexibility index (Phi) is 3.58. The molecule has 0 N–H and O–H groups in total. The normalized spacial score (nSPS) is 13.4. The molecular formula is C13H9ClO4. The fourth-order valence-corrected chi connectivity index (χ4v) is 1.75. The minimum atomic E-state index is -0.512. The minimum absolute atomic E-state index is 0.0448. The van der Waals surface area contributed by atoms with Crippen LogP contribution >= 0.6 is 11.6 Å². The maximum atomic E-state index is 11.7. The second-order valence-electron chi connectivity index (χ2n) is 3.69. The van der Waals surface area contributed by atoms with Gasteiger partial charge in [-0.1, -0.05) is 12.1 Å². The molecule has 92 valence electrons. The summed E-state index contributed by atoms with van der Waals surface area (Å²) in [5.74, 6) is -0.214. The third kappa shape index (κ3) is 2.49. The molecule has 2 rings (SSSR count). The average Bonchev–Trinajstić information content (AvgIpc) is 2.33. The molecule has 0 unspecified atom stereocenters. The van der Waals surface area contributed by atoms with Gasteiger partial charge in [0.05, 0.1) is 18.6 Å². The van der Waals surface area contributed by atoms with E-state index in [1.165, 1.54) is 12.2 Å². The number of rotatable bonds is 4. The first kappa shape index (κ1) is 12.5. The first-order chi connectivity index (χ1) is 8.59. The summed E-state index contributed by atoms with van der Waals surface area (Å²) in [7, 11) is 0. The lowest BCUT2D eigenvalue weighted by Crippen LogP contribution is -2.14. The number of ketones is 2. The molecule has 5 heteroatoms. The van der Waals surface area contributed by atoms with Crippen LogP contribution in [0.25, 0.3) is 0 Å². The van der Waals surface area contributed by atoms with Crippen molar-refractivity contribution in [1.29, 1.82) is 0 Å². The zero-order valence-electron chi connectivity index (χ0n) is 9.31.